The summed E-state index contributed by atoms with van der Waals surface area (Å²) in [5.41, 5.74) is 0.0297. The van der Waals surface area contributed by atoms with Gasteiger partial charge < -0.3 is 4.74 Å². The molecule has 0 bridgehead atoms. The lowest BCUT2D eigenvalue weighted by atomic mass is 10.1. The molecule has 1 aliphatic carbocycles. The molecule has 0 aliphatic heterocycles. The predicted octanol–water partition coefficient (Wildman–Crippen LogP) is 3.33. The SMILES string of the molecule is C=C[C@H](C)N(CC(=O)C(=C)C1CC1)C(=O)OC(C)(C)C. The average molecular weight is 279 g/mol. The van der Waals surface area contributed by atoms with Crippen molar-refractivity contribution in [2.45, 2.75) is 52.2 Å². The molecular formula is C16H25NO3. The number of Topliss-reactive ketones (excluding diaryl/α,β-unsaturated/α-hetero) is 1. The van der Waals surface area contributed by atoms with Crippen molar-refractivity contribution in [2.24, 2.45) is 5.92 Å². The molecule has 4 nitrogen and oxygen atoms in total. The number of amides is 1. The third-order valence-electron chi connectivity index (χ3n) is 3.20. The third kappa shape index (κ3) is 4.83. The predicted molar refractivity (Wildman–Crippen MR) is 79.5 cm³/mol. The Morgan fingerprint density at radius 2 is 1.95 bits per heavy atom. The lowest BCUT2D eigenvalue weighted by Crippen LogP contribution is -2.44. The van der Waals surface area contributed by atoms with Crippen LogP contribution in [0.25, 0.3) is 0 Å². The maximum absolute atomic E-state index is 12.2. The topological polar surface area (TPSA) is 46.6 Å². The van der Waals surface area contributed by atoms with Crippen molar-refractivity contribution in [3.63, 3.8) is 0 Å². The van der Waals surface area contributed by atoms with E-state index in [9.17, 15) is 9.59 Å². The number of hydrogen-bond donors (Lipinski definition) is 0. The monoisotopic (exact) mass is 279 g/mol. The van der Waals surface area contributed by atoms with Crippen LogP contribution < -0.4 is 0 Å². The van der Waals surface area contributed by atoms with Gasteiger partial charge in [-0.2, -0.15) is 0 Å². The zero-order valence-corrected chi connectivity index (χ0v) is 12.9. The van der Waals surface area contributed by atoms with Crippen LogP contribution in [0.2, 0.25) is 0 Å². The van der Waals surface area contributed by atoms with E-state index in [0.29, 0.717) is 11.5 Å². The van der Waals surface area contributed by atoms with Crippen LogP contribution in [-0.2, 0) is 9.53 Å². The second-order valence-corrected chi connectivity index (χ2v) is 6.31. The molecule has 1 rings (SSSR count). The van der Waals surface area contributed by atoms with Crippen molar-refractivity contribution in [2.75, 3.05) is 6.54 Å². The molecule has 0 saturated heterocycles. The summed E-state index contributed by atoms with van der Waals surface area (Å²) in [6, 6.07) is -0.263. The number of nitrogens with zero attached hydrogens (tertiary/aromatic N) is 1. The molecule has 20 heavy (non-hydrogen) atoms. The minimum absolute atomic E-state index is 0.00255. The van der Waals surface area contributed by atoms with Gasteiger partial charge in [-0.05, 0) is 52.0 Å². The minimum atomic E-state index is -0.591. The molecule has 0 N–H and O–H groups in total. The van der Waals surface area contributed by atoms with Crippen LogP contribution in [0.4, 0.5) is 4.79 Å². The largest absolute Gasteiger partial charge is 0.444 e. The van der Waals surface area contributed by atoms with E-state index < -0.39 is 11.7 Å². The van der Waals surface area contributed by atoms with E-state index in [1.165, 1.54) is 4.90 Å². The van der Waals surface area contributed by atoms with E-state index in [-0.39, 0.29) is 18.4 Å². The van der Waals surface area contributed by atoms with Crippen molar-refractivity contribution in [3.05, 3.63) is 24.8 Å². The summed E-state index contributed by atoms with van der Waals surface area (Å²) in [4.78, 5) is 25.7. The molecule has 1 atom stereocenters. The van der Waals surface area contributed by atoms with Crippen LogP contribution in [0.1, 0.15) is 40.5 Å². The standard InChI is InChI=1S/C16H25NO3/c1-7-11(2)17(15(19)20-16(4,5)6)10-14(18)12(3)13-8-9-13/h7,11,13H,1,3,8-10H2,2,4-6H3/t11-/m0/s1. The van der Waals surface area contributed by atoms with Crippen molar-refractivity contribution >= 4 is 11.9 Å². The first-order valence-corrected chi connectivity index (χ1v) is 7.00. The Bertz CT molecular complexity index is 416. The zero-order chi connectivity index (χ0) is 15.5. The van der Waals surface area contributed by atoms with E-state index in [1.54, 1.807) is 26.8 Å². The molecule has 0 aromatic rings. The number of carbonyl (C=O) groups excluding carboxylic acids is 2. The Morgan fingerprint density at radius 1 is 1.40 bits per heavy atom. The highest BCUT2D eigenvalue weighted by Crippen LogP contribution is 2.36. The van der Waals surface area contributed by atoms with Gasteiger partial charge in [0, 0.05) is 0 Å². The lowest BCUT2D eigenvalue weighted by Gasteiger charge is -2.30. The molecule has 0 aromatic heterocycles. The van der Waals surface area contributed by atoms with Crippen LogP contribution >= 0.6 is 0 Å². The van der Waals surface area contributed by atoms with Gasteiger partial charge in [0.2, 0.25) is 0 Å². The number of carbonyl (C=O) groups is 2. The van der Waals surface area contributed by atoms with E-state index in [4.69, 9.17) is 4.74 Å². The maximum atomic E-state index is 12.2. The van der Waals surface area contributed by atoms with Crippen LogP contribution in [0.15, 0.2) is 24.8 Å². The van der Waals surface area contributed by atoms with Gasteiger partial charge in [0.25, 0.3) is 0 Å². The normalized spacial score (nSPS) is 16.2. The molecule has 0 aromatic carbocycles. The van der Waals surface area contributed by atoms with Gasteiger partial charge in [-0.1, -0.05) is 12.7 Å². The molecule has 0 spiro atoms. The highest BCUT2D eigenvalue weighted by molar-refractivity contribution is 5.98. The van der Waals surface area contributed by atoms with E-state index in [0.717, 1.165) is 12.8 Å². The first-order chi connectivity index (χ1) is 9.15. The Labute approximate surface area is 121 Å². The smallest absolute Gasteiger partial charge is 0.411 e. The number of ether oxygens (including phenoxy) is 1. The summed E-state index contributed by atoms with van der Waals surface area (Å²) in [7, 11) is 0. The Morgan fingerprint density at radius 3 is 2.35 bits per heavy atom. The molecule has 1 amide bonds. The van der Waals surface area contributed by atoms with Crippen LogP contribution in [0.3, 0.4) is 0 Å². The van der Waals surface area contributed by atoms with Crippen LogP contribution in [0.5, 0.6) is 0 Å². The van der Waals surface area contributed by atoms with Crippen LogP contribution in [0, 0.1) is 5.92 Å². The van der Waals surface area contributed by atoms with E-state index in [1.807, 2.05) is 6.92 Å². The highest BCUT2D eigenvalue weighted by atomic mass is 16.6. The molecule has 0 heterocycles. The second-order valence-electron chi connectivity index (χ2n) is 6.31. The van der Waals surface area contributed by atoms with Gasteiger partial charge in [0.05, 0.1) is 12.6 Å². The summed E-state index contributed by atoms with van der Waals surface area (Å²) < 4.78 is 5.34. The fourth-order valence-electron chi connectivity index (χ4n) is 1.74. The van der Waals surface area contributed by atoms with E-state index >= 15 is 0 Å². The zero-order valence-electron chi connectivity index (χ0n) is 12.9. The fraction of sp³-hybridized carbons (Fsp3) is 0.625. The second kappa shape index (κ2) is 6.25. The third-order valence-corrected chi connectivity index (χ3v) is 3.20. The summed E-state index contributed by atoms with van der Waals surface area (Å²) in [5, 5.41) is 0. The van der Waals surface area contributed by atoms with Gasteiger partial charge >= 0.3 is 6.09 Å². The molecule has 1 aliphatic rings. The molecule has 1 fully saturated rings. The average Bonchev–Trinajstić information content (AvgIpc) is 3.15. The van der Waals surface area contributed by atoms with Gasteiger partial charge in [0.15, 0.2) is 5.78 Å². The quantitative estimate of drug-likeness (QED) is 0.553. The fourth-order valence-corrected chi connectivity index (χ4v) is 1.74. The van der Waals surface area contributed by atoms with Gasteiger partial charge in [-0.25, -0.2) is 4.79 Å². The molecule has 0 unspecified atom stereocenters. The van der Waals surface area contributed by atoms with E-state index in [2.05, 4.69) is 13.2 Å². The van der Waals surface area contributed by atoms with Gasteiger partial charge in [0.1, 0.15) is 5.60 Å². The number of rotatable bonds is 6. The maximum Gasteiger partial charge on any atom is 0.411 e. The van der Waals surface area contributed by atoms with Gasteiger partial charge in [-0.15, -0.1) is 6.58 Å². The molecular weight excluding hydrogens is 254 g/mol. The number of ketones is 1. The minimum Gasteiger partial charge on any atom is -0.444 e. The molecule has 1 saturated carbocycles. The first-order valence-electron chi connectivity index (χ1n) is 7.00. The van der Waals surface area contributed by atoms with Crippen LogP contribution in [-0.4, -0.2) is 35.0 Å². The van der Waals surface area contributed by atoms with Crippen molar-refractivity contribution in [3.8, 4) is 0 Å². The summed E-state index contributed by atoms with van der Waals surface area (Å²) in [5.74, 6) is 0.217. The number of hydrogen-bond acceptors (Lipinski definition) is 3. The van der Waals surface area contributed by atoms with Crippen molar-refractivity contribution in [1.82, 2.24) is 4.90 Å². The Balaban J connectivity index is 2.73. The Hall–Kier alpha value is -1.58. The van der Waals surface area contributed by atoms with Gasteiger partial charge in [-0.3, -0.25) is 9.69 Å². The molecule has 112 valence electrons. The van der Waals surface area contributed by atoms with Crippen molar-refractivity contribution < 1.29 is 14.3 Å². The summed E-state index contributed by atoms with van der Waals surface area (Å²) in [6.45, 7) is 14.7. The Kier molecular flexibility index (Phi) is 5.15. The molecule has 4 heteroatoms. The summed E-state index contributed by atoms with van der Waals surface area (Å²) in [6.07, 6.45) is 3.17. The van der Waals surface area contributed by atoms with Crippen molar-refractivity contribution in [1.29, 1.82) is 0 Å². The first kappa shape index (κ1) is 16.5. The lowest BCUT2D eigenvalue weighted by molar-refractivity contribution is -0.117. The molecule has 0 radical (unpaired) electrons. The highest BCUT2D eigenvalue weighted by Gasteiger charge is 2.32. The summed E-state index contributed by atoms with van der Waals surface area (Å²) >= 11 is 0.